The quantitative estimate of drug-likeness (QED) is 0.542. The van der Waals surface area contributed by atoms with Gasteiger partial charge >= 0.3 is 0 Å². The molecule has 76 valence electrons. The first kappa shape index (κ1) is 8.54. The molecule has 0 aromatic heterocycles. The van der Waals surface area contributed by atoms with Gasteiger partial charge in [0.05, 0.1) is 27.6 Å². The summed E-state index contributed by atoms with van der Waals surface area (Å²) in [7, 11) is 0. The van der Waals surface area contributed by atoms with Crippen LogP contribution in [0.1, 0.15) is 0 Å². The summed E-state index contributed by atoms with van der Waals surface area (Å²) in [5.41, 5.74) is 9.81. The van der Waals surface area contributed by atoms with Gasteiger partial charge in [0.2, 0.25) is 0 Å². The second kappa shape index (κ2) is 2.86. The molecule has 0 bridgehead atoms. The molecule has 0 fully saturated rings. The molecule has 0 aromatic rings. The molecule has 1 amide bonds. The number of hydrazone groups is 1. The smallest absolute Gasteiger partial charge is 0.255 e. The molecular weight excluding hydrogens is 214 g/mol. The van der Waals surface area contributed by atoms with Gasteiger partial charge in [0.25, 0.3) is 5.91 Å². The number of nitrogens with one attached hydrogen (secondary N) is 2. The van der Waals surface area contributed by atoms with Crippen LogP contribution in [0.3, 0.4) is 0 Å². The number of carbonyl (C=O) groups is 1. The Balaban J connectivity index is 2.05. The van der Waals surface area contributed by atoms with Gasteiger partial charge in [-0.15, -0.1) is 0 Å². The first-order valence-electron chi connectivity index (χ1n) is 4.31. The normalized spacial score (nSPS) is 26.3. The molecule has 0 saturated heterocycles. The Bertz CT molecular complexity index is 475. The molecule has 3 aliphatic rings. The molecular formula is C8H7N5OS. The number of nitrogens with two attached hydrogens (primary N) is 1. The minimum absolute atomic E-state index is 0.130. The van der Waals surface area contributed by atoms with E-state index in [2.05, 4.69) is 20.8 Å². The van der Waals surface area contributed by atoms with Crippen LogP contribution in [-0.2, 0) is 4.79 Å². The van der Waals surface area contributed by atoms with Crippen LogP contribution in [0.25, 0.3) is 0 Å². The van der Waals surface area contributed by atoms with Crippen LogP contribution in [0.2, 0.25) is 0 Å². The summed E-state index contributed by atoms with van der Waals surface area (Å²) in [6.07, 6.45) is 3.14. The molecule has 0 saturated carbocycles. The summed E-state index contributed by atoms with van der Waals surface area (Å²) in [5.74, 6) is -0.443. The molecule has 3 heterocycles. The Morgan fingerprint density at radius 2 is 2.47 bits per heavy atom. The number of allylic oxidation sites excluding steroid dienone is 1. The number of amides is 1. The highest BCUT2D eigenvalue weighted by Crippen LogP contribution is 2.35. The summed E-state index contributed by atoms with van der Waals surface area (Å²) in [6.45, 7) is 0. The van der Waals surface area contributed by atoms with Gasteiger partial charge in [-0.3, -0.25) is 10.2 Å². The highest BCUT2D eigenvalue weighted by atomic mass is 32.2. The van der Waals surface area contributed by atoms with Gasteiger partial charge in [-0.05, 0) is 6.08 Å². The highest BCUT2D eigenvalue weighted by molar-refractivity contribution is 8.07. The van der Waals surface area contributed by atoms with Gasteiger partial charge in [-0.1, -0.05) is 11.8 Å². The van der Waals surface area contributed by atoms with E-state index in [0.717, 1.165) is 16.3 Å². The lowest BCUT2D eigenvalue weighted by molar-refractivity contribution is -0.113. The van der Waals surface area contributed by atoms with E-state index in [1.165, 1.54) is 11.8 Å². The van der Waals surface area contributed by atoms with Crippen molar-refractivity contribution in [3.05, 3.63) is 21.6 Å². The zero-order valence-electron chi connectivity index (χ0n) is 7.52. The van der Waals surface area contributed by atoms with Crippen LogP contribution >= 0.6 is 11.8 Å². The fourth-order valence-electron chi connectivity index (χ4n) is 1.57. The average molecular weight is 221 g/mol. The number of nitrogens with zero attached hydrogens (tertiary/aromatic N) is 2. The third kappa shape index (κ3) is 1.16. The van der Waals surface area contributed by atoms with Crippen LogP contribution in [0, 0.1) is 0 Å². The predicted octanol–water partition coefficient (Wildman–Crippen LogP) is -0.769. The number of aliphatic imine (C=N–C) groups is 1. The molecule has 3 aliphatic heterocycles. The first-order chi connectivity index (χ1) is 7.25. The summed E-state index contributed by atoms with van der Waals surface area (Å²) >= 11 is 1.31. The van der Waals surface area contributed by atoms with Gasteiger partial charge in [0.1, 0.15) is 0 Å². The van der Waals surface area contributed by atoms with Crippen LogP contribution in [0.4, 0.5) is 0 Å². The summed E-state index contributed by atoms with van der Waals surface area (Å²) in [4.78, 5) is 15.7. The monoisotopic (exact) mass is 221 g/mol. The number of thioether (sulfide) groups is 1. The Hall–Kier alpha value is -1.76. The third-order valence-electron chi connectivity index (χ3n) is 2.24. The van der Waals surface area contributed by atoms with E-state index in [4.69, 9.17) is 5.73 Å². The maximum Gasteiger partial charge on any atom is 0.255 e. The largest absolute Gasteiger partial charge is 0.365 e. The van der Waals surface area contributed by atoms with E-state index in [0.29, 0.717) is 4.91 Å². The Morgan fingerprint density at radius 1 is 1.60 bits per heavy atom. The molecule has 7 heteroatoms. The van der Waals surface area contributed by atoms with Crippen molar-refractivity contribution in [1.29, 1.82) is 0 Å². The van der Waals surface area contributed by atoms with E-state index in [9.17, 15) is 4.79 Å². The molecule has 6 nitrogen and oxygen atoms in total. The molecule has 15 heavy (non-hydrogen) atoms. The highest BCUT2D eigenvalue weighted by Gasteiger charge is 2.33. The molecule has 0 radical (unpaired) electrons. The number of rotatable bonds is 1. The zero-order valence-corrected chi connectivity index (χ0v) is 8.34. The van der Waals surface area contributed by atoms with Gasteiger partial charge in [0, 0.05) is 0 Å². The second-order valence-corrected chi connectivity index (χ2v) is 4.22. The van der Waals surface area contributed by atoms with Crippen LogP contribution < -0.4 is 16.5 Å². The maximum absolute atomic E-state index is 11.1. The van der Waals surface area contributed by atoms with Crippen molar-refractivity contribution in [3.8, 4) is 0 Å². The van der Waals surface area contributed by atoms with Crippen molar-refractivity contribution in [2.75, 3.05) is 0 Å². The van der Waals surface area contributed by atoms with Gasteiger partial charge in [0.15, 0.2) is 6.17 Å². The van der Waals surface area contributed by atoms with Crippen molar-refractivity contribution in [2.24, 2.45) is 15.8 Å². The van der Waals surface area contributed by atoms with Crippen molar-refractivity contribution in [1.82, 2.24) is 10.7 Å². The standard InChI is InChI=1S/C8H7N5OS/c9-6(14)4-1-3-5-7(13-12-3)10-2-11-8(5)15-4/h1-2,7,13H,(H2,9,14)(H,10,11). The maximum atomic E-state index is 11.1. The fraction of sp³-hybridized carbons (Fsp3) is 0.125. The minimum Gasteiger partial charge on any atom is -0.365 e. The van der Waals surface area contributed by atoms with Gasteiger partial charge in [-0.25, -0.2) is 4.99 Å². The third-order valence-corrected chi connectivity index (χ3v) is 3.32. The van der Waals surface area contributed by atoms with Crippen molar-refractivity contribution in [2.45, 2.75) is 6.17 Å². The molecule has 0 aliphatic carbocycles. The lowest BCUT2D eigenvalue weighted by Crippen LogP contribution is -2.31. The van der Waals surface area contributed by atoms with Gasteiger partial charge < -0.3 is 11.1 Å². The second-order valence-electron chi connectivity index (χ2n) is 3.17. The number of hydrogen-bond acceptors (Lipinski definition) is 6. The SMILES string of the molecule is NC(=O)C1=CC2=NNC3N=CNC(=C23)S1. The molecule has 3 rings (SSSR count). The zero-order chi connectivity index (χ0) is 10.4. The van der Waals surface area contributed by atoms with Crippen LogP contribution in [0.5, 0.6) is 0 Å². The number of carbonyl (C=O) groups excluding carboxylic acids is 1. The van der Waals surface area contributed by atoms with Crippen molar-refractivity contribution < 1.29 is 4.79 Å². The van der Waals surface area contributed by atoms with Crippen molar-refractivity contribution in [3.63, 3.8) is 0 Å². The Labute approximate surface area is 89.4 Å². The minimum atomic E-state index is -0.443. The lowest BCUT2D eigenvalue weighted by Gasteiger charge is -2.21. The van der Waals surface area contributed by atoms with E-state index >= 15 is 0 Å². The van der Waals surface area contributed by atoms with Crippen LogP contribution in [0.15, 0.2) is 31.7 Å². The molecule has 1 atom stereocenters. The van der Waals surface area contributed by atoms with Gasteiger partial charge in [-0.2, -0.15) is 5.10 Å². The molecule has 0 aromatic carbocycles. The summed E-state index contributed by atoms with van der Waals surface area (Å²) < 4.78 is 0. The molecule has 1 unspecified atom stereocenters. The van der Waals surface area contributed by atoms with Crippen LogP contribution in [-0.4, -0.2) is 24.1 Å². The Morgan fingerprint density at radius 3 is 3.27 bits per heavy atom. The lowest BCUT2D eigenvalue weighted by atomic mass is 10.1. The fourth-order valence-corrected chi connectivity index (χ4v) is 2.50. The van der Waals surface area contributed by atoms with E-state index < -0.39 is 5.91 Å². The number of primary amides is 1. The van der Waals surface area contributed by atoms with E-state index in [-0.39, 0.29) is 6.17 Å². The number of hydrogen-bond donors (Lipinski definition) is 3. The first-order valence-corrected chi connectivity index (χ1v) is 5.12. The molecule has 4 N–H and O–H groups in total. The Kier molecular flexibility index (Phi) is 1.63. The summed E-state index contributed by atoms with van der Waals surface area (Å²) in [5, 5.41) is 7.95. The molecule has 0 spiro atoms. The predicted molar refractivity (Wildman–Crippen MR) is 57.9 cm³/mol. The average Bonchev–Trinajstić information content (AvgIpc) is 2.64. The summed E-state index contributed by atoms with van der Waals surface area (Å²) in [6, 6.07) is 0. The van der Waals surface area contributed by atoms with E-state index in [1.807, 2.05) is 0 Å². The van der Waals surface area contributed by atoms with E-state index in [1.54, 1.807) is 12.4 Å². The topological polar surface area (TPSA) is 91.9 Å². The van der Waals surface area contributed by atoms with Crippen molar-refractivity contribution >= 4 is 29.7 Å².